The molecule has 1 aliphatic heterocycles. The Hall–Kier alpha value is -0.110. The Morgan fingerprint density at radius 3 is 2.40 bits per heavy atom. The third kappa shape index (κ3) is 0.401. The fraction of sp³-hybridized carbons (Fsp3) is 0.333. The first-order valence-corrected chi connectivity index (χ1v) is 2.46. The van der Waals surface area contributed by atoms with Crippen molar-refractivity contribution in [3.05, 3.63) is 11.1 Å². The minimum Gasteiger partial charge on any atom is -0.394 e. The third-order valence-corrected chi connectivity index (χ3v) is 1.37. The molecule has 0 aromatic heterocycles. The molecule has 0 spiro atoms. The summed E-state index contributed by atoms with van der Waals surface area (Å²) >= 11 is 1.70. The molecule has 0 fully saturated rings. The van der Waals surface area contributed by atoms with Crippen LogP contribution in [0.3, 0.4) is 0 Å². The lowest BCUT2D eigenvalue weighted by Gasteiger charge is -2.04. The van der Waals surface area contributed by atoms with Crippen molar-refractivity contribution in [2.75, 3.05) is 5.75 Å². The quantitative estimate of drug-likeness (QED) is 0.466. The van der Waals surface area contributed by atoms with Gasteiger partial charge < -0.3 is 5.73 Å². The van der Waals surface area contributed by atoms with E-state index in [9.17, 15) is 0 Å². The average Bonchev–Trinajstić information content (AvgIpc) is 1.30. The Morgan fingerprint density at radius 2 is 2.40 bits per heavy atom. The van der Waals surface area contributed by atoms with Crippen molar-refractivity contribution in [3.8, 4) is 0 Å². The van der Waals surface area contributed by atoms with Gasteiger partial charge in [0.1, 0.15) is 0 Å². The predicted molar refractivity (Wildman–Crippen MR) is 24.7 cm³/mol. The lowest BCUT2D eigenvalue weighted by molar-refractivity contribution is 1.46. The molecule has 28 valence electrons. The highest BCUT2D eigenvalue weighted by Gasteiger charge is 1.96. The molecule has 0 aromatic carbocycles. The summed E-state index contributed by atoms with van der Waals surface area (Å²) in [6, 6.07) is 0. The van der Waals surface area contributed by atoms with Gasteiger partial charge >= 0.3 is 0 Å². The molecule has 1 nitrogen and oxygen atoms in total. The van der Waals surface area contributed by atoms with E-state index in [0.717, 1.165) is 10.8 Å². The SMILES string of the molecule is NC1=CCS1. The van der Waals surface area contributed by atoms with E-state index in [-0.39, 0.29) is 0 Å². The van der Waals surface area contributed by atoms with E-state index in [0.29, 0.717) is 0 Å². The van der Waals surface area contributed by atoms with Crippen LogP contribution < -0.4 is 5.73 Å². The molecule has 5 heavy (non-hydrogen) atoms. The van der Waals surface area contributed by atoms with Crippen LogP contribution in [0.1, 0.15) is 0 Å². The van der Waals surface area contributed by atoms with E-state index in [1.807, 2.05) is 6.08 Å². The molecular weight excluding hydrogens is 82.1 g/mol. The molecule has 0 aromatic rings. The van der Waals surface area contributed by atoms with Crippen molar-refractivity contribution < 1.29 is 0 Å². The van der Waals surface area contributed by atoms with Crippen molar-refractivity contribution >= 4 is 11.8 Å². The summed E-state index contributed by atoms with van der Waals surface area (Å²) in [4.78, 5) is 0. The highest BCUT2D eigenvalue weighted by atomic mass is 32.2. The van der Waals surface area contributed by atoms with Gasteiger partial charge in [-0.3, -0.25) is 0 Å². The molecule has 0 bridgehead atoms. The van der Waals surface area contributed by atoms with Gasteiger partial charge in [0, 0.05) is 5.75 Å². The van der Waals surface area contributed by atoms with Crippen LogP contribution in [0.4, 0.5) is 0 Å². The van der Waals surface area contributed by atoms with Crippen LogP contribution in [-0.2, 0) is 0 Å². The maximum absolute atomic E-state index is 5.20. The highest BCUT2D eigenvalue weighted by Crippen LogP contribution is 2.18. The number of hydrogen-bond acceptors (Lipinski definition) is 2. The second-order valence-electron chi connectivity index (χ2n) is 0.917. The Kier molecular flexibility index (Phi) is 0.580. The summed E-state index contributed by atoms with van der Waals surface area (Å²) in [5.74, 6) is 1.12. The second-order valence-corrected chi connectivity index (χ2v) is 2.01. The van der Waals surface area contributed by atoms with E-state index < -0.39 is 0 Å². The molecule has 1 rings (SSSR count). The Labute approximate surface area is 35.2 Å². The molecule has 0 saturated carbocycles. The van der Waals surface area contributed by atoms with Crippen LogP contribution in [0, 0.1) is 0 Å². The van der Waals surface area contributed by atoms with Gasteiger partial charge in [0.05, 0.1) is 5.03 Å². The summed E-state index contributed by atoms with van der Waals surface area (Å²) in [7, 11) is 0. The van der Waals surface area contributed by atoms with Gasteiger partial charge in [0.2, 0.25) is 0 Å². The summed E-state index contributed by atoms with van der Waals surface area (Å²) < 4.78 is 0. The Bertz CT molecular complexity index is 67.3. The molecule has 1 heterocycles. The van der Waals surface area contributed by atoms with Crippen LogP contribution in [0.25, 0.3) is 0 Å². The Morgan fingerprint density at radius 1 is 2.00 bits per heavy atom. The smallest absolute Gasteiger partial charge is 0.0626 e. The zero-order chi connectivity index (χ0) is 3.70. The third-order valence-electron chi connectivity index (χ3n) is 0.535. The first-order valence-electron chi connectivity index (χ1n) is 1.48. The largest absolute Gasteiger partial charge is 0.394 e. The Balaban J connectivity index is 2.51. The fourth-order valence-corrected chi connectivity index (χ4v) is 0.539. The van der Waals surface area contributed by atoms with Crippen molar-refractivity contribution in [2.24, 2.45) is 5.73 Å². The molecule has 1 aliphatic rings. The van der Waals surface area contributed by atoms with E-state index in [2.05, 4.69) is 0 Å². The van der Waals surface area contributed by atoms with Crippen molar-refractivity contribution in [2.45, 2.75) is 0 Å². The van der Waals surface area contributed by atoms with Gasteiger partial charge in [-0.05, 0) is 6.08 Å². The second kappa shape index (κ2) is 0.937. The number of thioether (sulfide) groups is 1. The summed E-state index contributed by atoms with van der Waals surface area (Å²) in [5, 5.41) is 0.977. The molecule has 0 saturated heterocycles. The average molecular weight is 87.1 g/mol. The van der Waals surface area contributed by atoms with E-state index in [1.165, 1.54) is 0 Å². The van der Waals surface area contributed by atoms with Crippen LogP contribution in [0.15, 0.2) is 11.1 Å². The summed E-state index contributed by atoms with van der Waals surface area (Å²) in [6.07, 6.45) is 2.00. The van der Waals surface area contributed by atoms with E-state index >= 15 is 0 Å². The number of hydrogen-bond donors (Lipinski definition) is 1. The fourth-order valence-electron chi connectivity index (χ4n) is 0.180. The van der Waals surface area contributed by atoms with E-state index in [4.69, 9.17) is 5.73 Å². The number of nitrogens with two attached hydrogens (primary N) is 1. The van der Waals surface area contributed by atoms with Gasteiger partial charge in [-0.15, -0.1) is 11.8 Å². The summed E-state index contributed by atoms with van der Waals surface area (Å²) in [6.45, 7) is 0. The minimum atomic E-state index is 0.977. The van der Waals surface area contributed by atoms with Gasteiger partial charge in [0.25, 0.3) is 0 Å². The van der Waals surface area contributed by atoms with E-state index in [1.54, 1.807) is 11.8 Å². The first-order chi connectivity index (χ1) is 2.39. The lowest BCUT2D eigenvalue weighted by Crippen LogP contribution is -2.00. The van der Waals surface area contributed by atoms with Crippen LogP contribution in [0.5, 0.6) is 0 Å². The van der Waals surface area contributed by atoms with Gasteiger partial charge in [0.15, 0.2) is 0 Å². The van der Waals surface area contributed by atoms with Crippen LogP contribution in [-0.4, -0.2) is 5.75 Å². The van der Waals surface area contributed by atoms with Crippen LogP contribution >= 0.6 is 11.8 Å². The lowest BCUT2D eigenvalue weighted by atomic mass is 10.7. The van der Waals surface area contributed by atoms with Gasteiger partial charge in [-0.2, -0.15) is 0 Å². The topological polar surface area (TPSA) is 26.0 Å². The molecular formula is C3H5NS. The monoisotopic (exact) mass is 87.0 g/mol. The zero-order valence-corrected chi connectivity index (χ0v) is 3.59. The molecule has 2 N–H and O–H groups in total. The zero-order valence-electron chi connectivity index (χ0n) is 2.77. The molecule has 0 amide bonds. The van der Waals surface area contributed by atoms with Crippen molar-refractivity contribution in [1.82, 2.24) is 0 Å². The first kappa shape index (κ1) is 3.09. The van der Waals surface area contributed by atoms with Crippen molar-refractivity contribution in [1.29, 1.82) is 0 Å². The van der Waals surface area contributed by atoms with Gasteiger partial charge in [-0.25, -0.2) is 0 Å². The number of rotatable bonds is 0. The van der Waals surface area contributed by atoms with Gasteiger partial charge in [-0.1, -0.05) is 0 Å². The normalized spacial score (nSPS) is 20.4. The molecule has 0 radical (unpaired) electrons. The molecule has 0 unspecified atom stereocenters. The van der Waals surface area contributed by atoms with Crippen molar-refractivity contribution in [3.63, 3.8) is 0 Å². The molecule has 2 heteroatoms. The minimum absolute atomic E-state index is 0.977. The molecule has 0 aliphatic carbocycles. The maximum atomic E-state index is 5.20. The standard InChI is InChI=1S/C3H5NS/c4-3-1-2-5-3/h1H,2,4H2. The highest BCUT2D eigenvalue weighted by molar-refractivity contribution is 8.04. The summed E-state index contributed by atoms with van der Waals surface area (Å²) in [5.41, 5.74) is 5.20. The molecule has 0 atom stereocenters. The maximum Gasteiger partial charge on any atom is 0.0626 e. The predicted octanol–water partition coefficient (Wildman–Crippen LogP) is 0.533. The van der Waals surface area contributed by atoms with Crippen LogP contribution in [0.2, 0.25) is 0 Å².